The number of ether oxygens (including phenoxy) is 3. The van der Waals surface area contributed by atoms with Gasteiger partial charge in [-0.15, -0.1) is 11.3 Å². The number of hydrogen-bond donors (Lipinski definition) is 1. The Morgan fingerprint density at radius 3 is 2.38 bits per heavy atom. The van der Waals surface area contributed by atoms with Crippen LogP contribution in [0.1, 0.15) is 10.6 Å². The molecule has 0 radical (unpaired) electrons. The lowest BCUT2D eigenvalue weighted by Gasteiger charge is -2.13. The topological polar surface area (TPSA) is 65.5 Å². The first kappa shape index (κ1) is 18.2. The highest BCUT2D eigenvalue weighted by Gasteiger charge is 2.15. The van der Waals surface area contributed by atoms with Crippen molar-refractivity contribution in [2.24, 2.45) is 0 Å². The molecule has 3 rings (SSSR count). The van der Waals surface area contributed by atoms with Crippen molar-refractivity contribution in [2.45, 2.75) is 13.1 Å². The Morgan fingerprint density at radius 2 is 1.77 bits per heavy atom. The maximum Gasteiger partial charge on any atom is 0.203 e. The van der Waals surface area contributed by atoms with Gasteiger partial charge < -0.3 is 19.5 Å². The van der Waals surface area contributed by atoms with E-state index in [0.717, 1.165) is 27.6 Å². The Bertz CT molecular complexity index is 827. The van der Waals surface area contributed by atoms with E-state index < -0.39 is 0 Å². The number of nitrogens with one attached hydrogen (secondary N) is 1. The first-order valence-corrected chi connectivity index (χ1v) is 8.91. The second kappa shape index (κ2) is 8.64. The van der Waals surface area contributed by atoms with E-state index in [1.54, 1.807) is 38.9 Å². The fourth-order valence-electron chi connectivity index (χ4n) is 2.57. The quantitative estimate of drug-likeness (QED) is 0.654. The molecule has 2 heterocycles. The largest absolute Gasteiger partial charge is 0.493 e. The summed E-state index contributed by atoms with van der Waals surface area (Å²) < 4.78 is 16.2. The second-order valence-electron chi connectivity index (χ2n) is 5.50. The average Bonchev–Trinajstić information content (AvgIpc) is 3.16. The van der Waals surface area contributed by atoms with E-state index in [4.69, 9.17) is 14.2 Å². The highest BCUT2D eigenvalue weighted by molar-refractivity contribution is 7.15. The normalized spacial score (nSPS) is 10.6. The molecule has 0 saturated carbocycles. The van der Waals surface area contributed by atoms with Gasteiger partial charge in [0.15, 0.2) is 11.5 Å². The van der Waals surface area contributed by atoms with Crippen LogP contribution in [0.2, 0.25) is 0 Å². The molecule has 0 aliphatic carbocycles. The number of rotatable bonds is 8. The Morgan fingerprint density at radius 1 is 1.00 bits per heavy atom. The van der Waals surface area contributed by atoms with Gasteiger partial charge in [-0.3, -0.25) is 4.98 Å². The number of thiazole rings is 1. The summed E-state index contributed by atoms with van der Waals surface area (Å²) >= 11 is 1.63. The molecule has 7 heteroatoms. The number of hydrogen-bond acceptors (Lipinski definition) is 7. The second-order valence-corrected chi connectivity index (χ2v) is 6.61. The van der Waals surface area contributed by atoms with Crippen LogP contribution >= 0.6 is 11.3 Å². The molecule has 0 saturated heterocycles. The molecule has 0 unspecified atom stereocenters. The van der Waals surface area contributed by atoms with Crippen molar-refractivity contribution in [3.05, 3.63) is 53.4 Å². The molecule has 0 aliphatic heterocycles. The van der Waals surface area contributed by atoms with Crippen LogP contribution in [-0.4, -0.2) is 31.3 Å². The number of pyridine rings is 1. The molecule has 136 valence electrons. The van der Waals surface area contributed by atoms with Gasteiger partial charge >= 0.3 is 0 Å². The third kappa shape index (κ3) is 4.12. The van der Waals surface area contributed by atoms with E-state index in [1.807, 2.05) is 36.7 Å². The van der Waals surface area contributed by atoms with E-state index in [0.29, 0.717) is 23.8 Å². The van der Waals surface area contributed by atoms with E-state index in [2.05, 4.69) is 15.3 Å². The fraction of sp³-hybridized carbons (Fsp3) is 0.263. The predicted octanol–water partition coefficient (Wildman–Crippen LogP) is 3.52. The van der Waals surface area contributed by atoms with Crippen molar-refractivity contribution in [1.82, 2.24) is 15.3 Å². The maximum absolute atomic E-state index is 5.42. The number of benzene rings is 1. The Balaban J connectivity index is 1.73. The Hall–Kier alpha value is -2.64. The molecule has 1 N–H and O–H groups in total. The number of methoxy groups -OCH3 is 3. The van der Waals surface area contributed by atoms with E-state index in [9.17, 15) is 0 Å². The molecule has 2 aromatic heterocycles. The third-order valence-electron chi connectivity index (χ3n) is 3.83. The lowest BCUT2D eigenvalue weighted by atomic mass is 10.1. The zero-order valence-electron chi connectivity index (χ0n) is 15.0. The van der Waals surface area contributed by atoms with Gasteiger partial charge in [0.2, 0.25) is 5.75 Å². The van der Waals surface area contributed by atoms with E-state index in [1.165, 1.54) is 0 Å². The van der Waals surface area contributed by atoms with Gasteiger partial charge in [0.05, 0.1) is 26.2 Å². The zero-order chi connectivity index (χ0) is 18.4. The third-order valence-corrected chi connectivity index (χ3v) is 4.88. The summed E-state index contributed by atoms with van der Waals surface area (Å²) in [6, 6.07) is 7.84. The molecule has 0 amide bonds. The van der Waals surface area contributed by atoms with E-state index >= 15 is 0 Å². The van der Waals surface area contributed by atoms with Gasteiger partial charge in [-0.25, -0.2) is 4.98 Å². The summed E-state index contributed by atoms with van der Waals surface area (Å²) in [5.74, 6) is 1.85. The molecule has 0 bridgehead atoms. The van der Waals surface area contributed by atoms with Crippen molar-refractivity contribution in [1.29, 1.82) is 0 Å². The van der Waals surface area contributed by atoms with Crippen LogP contribution in [0.3, 0.4) is 0 Å². The molecule has 1 aromatic carbocycles. The van der Waals surface area contributed by atoms with Crippen LogP contribution in [0, 0.1) is 0 Å². The van der Waals surface area contributed by atoms with Gasteiger partial charge in [-0.05, 0) is 23.8 Å². The van der Waals surface area contributed by atoms with Crippen molar-refractivity contribution < 1.29 is 14.2 Å². The summed E-state index contributed by atoms with van der Waals surface area (Å²) in [6.45, 7) is 1.46. The van der Waals surface area contributed by atoms with Crippen molar-refractivity contribution in [3.63, 3.8) is 0 Å². The van der Waals surface area contributed by atoms with Crippen LogP contribution in [0.5, 0.6) is 17.2 Å². The number of aromatic nitrogens is 2. The molecular formula is C19H21N3O3S. The summed E-state index contributed by atoms with van der Waals surface area (Å²) in [5.41, 5.74) is 2.13. The minimum Gasteiger partial charge on any atom is -0.493 e. The lowest BCUT2D eigenvalue weighted by molar-refractivity contribution is 0.324. The zero-order valence-corrected chi connectivity index (χ0v) is 15.8. The molecule has 0 spiro atoms. The monoisotopic (exact) mass is 371 g/mol. The predicted molar refractivity (Wildman–Crippen MR) is 102 cm³/mol. The molecule has 26 heavy (non-hydrogen) atoms. The summed E-state index contributed by atoms with van der Waals surface area (Å²) in [7, 11) is 4.82. The molecular weight excluding hydrogens is 350 g/mol. The molecule has 6 nitrogen and oxygen atoms in total. The standard InChI is InChI=1S/C19H21N3O3S/c1-23-15-7-14(8-16(24-2)19(15)25-3)17-11-22-18(26-17)12-21-10-13-5-4-6-20-9-13/h4-9,11,21H,10,12H2,1-3H3. The van der Waals surface area contributed by atoms with Crippen LogP contribution < -0.4 is 19.5 Å². The molecule has 0 atom stereocenters. The van der Waals surface area contributed by atoms with Crippen LogP contribution in [0.15, 0.2) is 42.9 Å². The van der Waals surface area contributed by atoms with Crippen LogP contribution in [-0.2, 0) is 13.1 Å². The van der Waals surface area contributed by atoms with Gasteiger partial charge in [-0.1, -0.05) is 6.07 Å². The lowest BCUT2D eigenvalue weighted by Crippen LogP contribution is -2.12. The summed E-state index contributed by atoms with van der Waals surface area (Å²) in [4.78, 5) is 9.66. The first-order valence-electron chi connectivity index (χ1n) is 8.10. The Kier molecular flexibility index (Phi) is 6.04. The van der Waals surface area contributed by atoms with Gasteiger partial charge in [0, 0.05) is 37.2 Å². The van der Waals surface area contributed by atoms with Crippen molar-refractivity contribution >= 4 is 11.3 Å². The van der Waals surface area contributed by atoms with Crippen molar-refractivity contribution in [3.8, 4) is 27.7 Å². The highest BCUT2D eigenvalue weighted by Crippen LogP contribution is 2.42. The number of nitrogens with zero attached hydrogens (tertiary/aromatic N) is 2. The Labute approximate surface area is 156 Å². The van der Waals surface area contributed by atoms with Crippen LogP contribution in [0.25, 0.3) is 10.4 Å². The van der Waals surface area contributed by atoms with Crippen molar-refractivity contribution in [2.75, 3.05) is 21.3 Å². The minimum absolute atomic E-state index is 0.585. The highest BCUT2D eigenvalue weighted by atomic mass is 32.1. The van der Waals surface area contributed by atoms with Gasteiger partial charge in [-0.2, -0.15) is 0 Å². The van der Waals surface area contributed by atoms with Gasteiger partial charge in [0.25, 0.3) is 0 Å². The average molecular weight is 371 g/mol. The first-order chi connectivity index (χ1) is 12.7. The van der Waals surface area contributed by atoms with Gasteiger partial charge in [0.1, 0.15) is 5.01 Å². The molecule has 0 aliphatic rings. The van der Waals surface area contributed by atoms with Crippen LogP contribution in [0.4, 0.5) is 0 Å². The molecule has 3 aromatic rings. The maximum atomic E-state index is 5.42. The summed E-state index contributed by atoms with van der Waals surface area (Å²) in [6.07, 6.45) is 5.50. The summed E-state index contributed by atoms with van der Waals surface area (Å²) in [5, 5.41) is 4.40. The smallest absolute Gasteiger partial charge is 0.203 e. The molecule has 0 fully saturated rings. The minimum atomic E-state index is 0.585. The SMILES string of the molecule is COc1cc(-c2cnc(CNCc3cccnc3)s2)cc(OC)c1OC. The van der Waals surface area contributed by atoms with E-state index in [-0.39, 0.29) is 0 Å². The fourth-order valence-corrected chi connectivity index (χ4v) is 3.44.